The molecule has 0 saturated heterocycles. The lowest BCUT2D eigenvalue weighted by atomic mass is 10.0. The fourth-order valence-electron chi connectivity index (χ4n) is 2.78. The fraction of sp³-hybridized carbons (Fsp3) is 0.632. The summed E-state index contributed by atoms with van der Waals surface area (Å²) in [6.45, 7) is 2.25. The third-order valence-electron chi connectivity index (χ3n) is 4.06. The van der Waals surface area contributed by atoms with Gasteiger partial charge in [-0.3, -0.25) is 5.32 Å². The van der Waals surface area contributed by atoms with Gasteiger partial charge in [-0.15, -0.1) is 0 Å². The van der Waals surface area contributed by atoms with Gasteiger partial charge >= 0.3 is 6.09 Å². The first-order valence-corrected chi connectivity index (χ1v) is 8.82. The van der Waals surface area contributed by atoms with Gasteiger partial charge in [0.05, 0.1) is 0 Å². The molecule has 0 spiro atoms. The first-order valence-electron chi connectivity index (χ1n) is 8.82. The lowest BCUT2D eigenvalue weighted by molar-refractivity contribution is 0.209. The van der Waals surface area contributed by atoms with Crippen LogP contribution < -0.4 is 5.32 Å². The number of carboxylic acid groups (broad SMARTS) is 1. The van der Waals surface area contributed by atoms with Crippen LogP contribution in [0.15, 0.2) is 24.3 Å². The summed E-state index contributed by atoms with van der Waals surface area (Å²) < 4.78 is 0. The molecule has 0 radical (unpaired) electrons. The second-order valence-corrected chi connectivity index (χ2v) is 6.02. The van der Waals surface area contributed by atoms with Gasteiger partial charge in [0, 0.05) is 5.69 Å². The van der Waals surface area contributed by atoms with E-state index in [2.05, 4.69) is 12.2 Å². The molecule has 2 N–H and O–H groups in total. The smallest absolute Gasteiger partial charge is 0.409 e. The van der Waals surface area contributed by atoms with Crippen LogP contribution in [0.1, 0.15) is 76.7 Å². The van der Waals surface area contributed by atoms with Gasteiger partial charge in [0.15, 0.2) is 0 Å². The maximum atomic E-state index is 10.8. The first kappa shape index (κ1) is 18.5. The van der Waals surface area contributed by atoms with Crippen molar-refractivity contribution in [3.8, 4) is 0 Å². The minimum Gasteiger partial charge on any atom is -0.465 e. The summed E-state index contributed by atoms with van der Waals surface area (Å²) in [6, 6.07) is 7.69. The molecule has 3 nitrogen and oxygen atoms in total. The van der Waals surface area contributed by atoms with Crippen LogP contribution in [0.5, 0.6) is 0 Å². The molecule has 22 heavy (non-hydrogen) atoms. The van der Waals surface area contributed by atoms with E-state index in [1.165, 1.54) is 57.8 Å². The highest BCUT2D eigenvalue weighted by Crippen LogP contribution is 2.18. The molecular weight excluding hydrogens is 274 g/mol. The van der Waals surface area contributed by atoms with Gasteiger partial charge in [-0.1, -0.05) is 82.9 Å². The second-order valence-electron chi connectivity index (χ2n) is 6.02. The number of benzene rings is 1. The number of hydrogen-bond acceptors (Lipinski definition) is 1. The SMILES string of the molecule is CCCCCCCCCCCCc1ccccc1NC(=O)O. The van der Waals surface area contributed by atoms with E-state index in [1.54, 1.807) is 0 Å². The number of carbonyl (C=O) groups is 1. The largest absolute Gasteiger partial charge is 0.465 e. The quantitative estimate of drug-likeness (QED) is 0.449. The summed E-state index contributed by atoms with van der Waals surface area (Å²) in [6.07, 6.45) is 13.2. The van der Waals surface area contributed by atoms with Crippen molar-refractivity contribution >= 4 is 11.8 Å². The molecule has 0 fully saturated rings. The third-order valence-corrected chi connectivity index (χ3v) is 4.06. The van der Waals surface area contributed by atoms with E-state index < -0.39 is 6.09 Å². The molecule has 0 aliphatic rings. The maximum Gasteiger partial charge on any atom is 0.409 e. The molecule has 124 valence electrons. The lowest BCUT2D eigenvalue weighted by Crippen LogP contribution is -2.09. The van der Waals surface area contributed by atoms with Crippen molar-refractivity contribution in [3.63, 3.8) is 0 Å². The van der Waals surface area contributed by atoms with Crippen molar-refractivity contribution in [1.82, 2.24) is 0 Å². The normalized spacial score (nSPS) is 10.6. The standard InChI is InChI=1S/C19H31NO2/c1-2-3-4-5-6-7-8-9-10-11-14-17-15-12-13-16-18(17)20-19(21)22/h12-13,15-16,20H,2-11,14H2,1H3,(H,21,22). The van der Waals surface area contributed by atoms with E-state index in [-0.39, 0.29) is 0 Å². The van der Waals surface area contributed by atoms with E-state index in [9.17, 15) is 4.79 Å². The Morgan fingerprint density at radius 3 is 2.05 bits per heavy atom. The predicted molar refractivity (Wildman–Crippen MR) is 93.6 cm³/mol. The van der Waals surface area contributed by atoms with Crippen LogP contribution in [0.3, 0.4) is 0 Å². The Kier molecular flexibility index (Phi) is 10.2. The number of para-hydroxylation sites is 1. The molecular formula is C19H31NO2. The molecule has 1 rings (SSSR count). The lowest BCUT2D eigenvalue weighted by Gasteiger charge is -2.08. The van der Waals surface area contributed by atoms with Gasteiger partial charge < -0.3 is 5.11 Å². The Labute approximate surface area is 135 Å². The van der Waals surface area contributed by atoms with E-state index in [1.807, 2.05) is 24.3 Å². The van der Waals surface area contributed by atoms with Crippen LogP contribution in [0.4, 0.5) is 10.5 Å². The van der Waals surface area contributed by atoms with Crippen molar-refractivity contribution in [3.05, 3.63) is 29.8 Å². The number of rotatable bonds is 12. The highest BCUT2D eigenvalue weighted by molar-refractivity contribution is 5.83. The van der Waals surface area contributed by atoms with Gasteiger partial charge in [0.25, 0.3) is 0 Å². The Morgan fingerprint density at radius 1 is 0.909 bits per heavy atom. The summed E-state index contributed by atoms with van der Waals surface area (Å²) in [4.78, 5) is 10.8. The summed E-state index contributed by atoms with van der Waals surface area (Å²) in [5.41, 5.74) is 1.83. The van der Waals surface area contributed by atoms with Gasteiger partial charge in [-0.25, -0.2) is 4.79 Å². The zero-order valence-corrected chi connectivity index (χ0v) is 13.9. The van der Waals surface area contributed by atoms with Crippen molar-refractivity contribution in [1.29, 1.82) is 0 Å². The molecule has 0 saturated carbocycles. The Bertz CT molecular complexity index is 418. The van der Waals surface area contributed by atoms with Crippen LogP contribution in [-0.4, -0.2) is 11.2 Å². The number of anilines is 1. The number of hydrogen-bond donors (Lipinski definition) is 2. The molecule has 0 aliphatic carbocycles. The molecule has 0 unspecified atom stereocenters. The first-order chi connectivity index (χ1) is 10.7. The van der Waals surface area contributed by atoms with Crippen molar-refractivity contribution in [2.45, 2.75) is 77.6 Å². The van der Waals surface area contributed by atoms with Crippen LogP contribution in [0, 0.1) is 0 Å². The highest BCUT2D eigenvalue weighted by atomic mass is 16.4. The maximum absolute atomic E-state index is 10.8. The Balaban J connectivity index is 2.08. The van der Waals surface area contributed by atoms with E-state index >= 15 is 0 Å². The van der Waals surface area contributed by atoms with E-state index in [0.717, 1.165) is 24.1 Å². The molecule has 1 aromatic carbocycles. The topological polar surface area (TPSA) is 49.3 Å². The minimum absolute atomic E-state index is 0.728. The Morgan fingerprint density at radius 2 is 1.45 bits per heavy atom. The molecule has 0 aromatic heterocycles. The molecule has 1 amide bonds. The number of nitrogens with one attached hydrogen (secondary N) is 1. The average Bonchev–Trinajstić information content (AvgIpc) is 2.50. The molecule has 0 heterocycles. The Hall–Kier alpha value is -1.51. The van der Waals surface area contributed by atoms with E-state index in [0.29, 0.717) is 0 Å². The summed E-state index contributed by atoms with van der Waals surface area (Å²) in [5.74, 6) is 0. The highest BCUT2D eigenvalue weighted by Gasteiger charge is 2.04. The zero-order valence-electron chi connectivity index (χ0n) is 13.9. The third kappa shape index (κ3) is 8.71. The van der Waals surface area contributed by atoms with Gasteiger partial charge in [-0.2, -0.15) is 0 Å². The molecule has 1 aromatic rings. The van der Waals surface area contributed by atoms with Gasteiger partial charge in [0.1, 0.15) is 0 Å². The van der Waals surface area contributed by atoms with E-state index in [4.69, 9.17) is 5.11 Å². The zero-order chi connectivity index (χ0) is 16.0. The van der Waals surface area contributed by atoms with Crippen LogP contribution in [0.25, 0.3) is 0 Å². The van der Waals surface area contributed by atoms with Crippen molar-refractivity contribution in [2.24, 2.45) is 0 Å². The molecule has 0 atom stereocenters. The minimum atomic E-state index is -0.990. The number of unbranched alkanes of at least 4 members (excludes halogenated alkanes) is 9. The van der Waals surface area contributed by atoms with Crippen molar-refractivity contribution in [2.75, 3.05) is 5.32 Å². The van der Waals surface area contributed by atoms with Crippen LogP contribution in [-0.2, 0) is 6.42 Å². The van der Waals surface area contributed by atoms with Crippen molar-refractivity contribution < 1.29 is 9.90 Å². The van der Waals surface area contributed by atoms with Gasteiger partial charge in [0.2, 0.25) is 0 Å². The number of aryl methyl sites for hydroxylation is 1. The molecule has 0 bridgehead atoms. The summed E-state index contributed by atoms with van der Waals surface area (Å²) >= 11 is 0. The molecule has 0 aliphatic heterocycles. The van der Waals surface area contributed by atoms with Crippen LogP contribution in [0.2, 0.25) is 0 Å². The second kappa shape index (κ2) is 12.1. The van der Waals surface area contributed by atoms with Gasteiger partial charge in [-0.05, 0) is 24.5 Å². The summed E-state index contributed by atoms with van der Waals surface area (Å²) in [5, 5.41) is 11.3. The average molecular weight is 305 g/mol. The molecule has 3 heteroatoms. The number of amides is 1. The monoisotopic (exact) mass is 305 g/mol. The summed E-state index contributed by atoms with van der Waals surface area (Å²) in [7, 11) is 0. The predicted octanol–water partition coefficient (Wildman–Crippen LogP) is 6.24. The van der Waals surface area contributed by atoms with Crippen LogP contribution >= 0.6 is 0 Å². The fourth-order valence-corrected chi connectivity index (χ4v) is 2.78.